The summed E-state index contributed by atoms with van der Waals surface area (Å²) in [4.78, 5) is 13.0. The van der Waals surface area contributed by atoms with Gasteiger partial charge in [0.1, 0.15) is 0 Å². The van der Waals surface area contributed by atoms with Crippen molar-refractivity contribution in [3.63, 3.8) is 0 Å². The Hall–Kier alpha value is -0.0200. The molecule has 3 rings (SSSR count). The predicted molar refractivity (Wildman–Crippen MR) is 117 cm³/mol. The van der Waals surface area contributed by atoms with Gasteiger partial charge < -0.3 is 10.2 Å². The number of hydrogen-bond donors (Lipinski definition) is 1. The van der Waals surface area contributed by atoms with Crippen LogP contribution in [0, 0.1) is 6.92 Å². The van der Waals surface area contributed by atoms with E-state index in [4.69, 9.17) is 4.99 Å². The highest BCUT2D eigenvalue weighted by atomic mass is 127. The van der Waals surface area contributed by atoms with Crippen molar-refractivity contribution >= 4 is 53.0 Å². The molecule has 1 aromatic rings. The van der Waals surface area contributed by atoms with Gasteiger partial charge in [-0.2, -0.15) is 11.8 Å². The maximum Gasteiger partial charge on any atom is 0.194 e. The Morgan fingerprint density at radius 2 is 2.17 bits per heavy atom. The van der Waals surface area contributed by atoms with E-state index < -0.39 is 0 Å². The third-order valence-electron chi connectivity index (χ3n) is 4.86. The second-order valence-electron chi connectivity index (χ2n) is 6.54. The molecule has 24 heavy (non-hydrogen) atoms. The number of aryl methyl sites for hydroxylation is 1. The maximum absolute atomic E-state index is 4.91. The number of aromatic nitrogens is 1. The summed E-state index contributed by atoms with van der Waals surface area (Å²) >= 11 is 3.92. The normalized spacial score (nSPS) is 20.8. The largest absolute Gasteiger partial charge is 0.357 e. The van der Waals surface area contributed by atoms with E-state index in [1.165, 1.54) is 42.7 Å². The van der Waals surface area contributed by atoms with Crippen LogP contribution >= 0.6 is 47.1 Å². The predicted octanol–water partition coefficient (Wildman–Crippen LogP) is 4.29. The van der Waals surface area contributed by atoms with E-state index in [-0.39, 0.29) is 24.0 Å². The summed E-state index contributed by atoms with van der Waals surface area (Å²) in [5.41, 5.74) is 3.04. The van der Waals surface area contributed by atoms with Crippen LogP contribution in [-0.2, 0) is 6.54 Å². The van der Waals surface area contributed by atoms with Gasteiger partial charge in [0, 0.05) is 35.0 Å². The highest BCUT2D eigenvalue weighted by Crippen LogP contribution is 2.42. The average Bonchev–Trinajstić information content (AvgIpc) is 2.97. The number of rotatable bonds is 3. The smallest absolute Gasteiger partial charge is 0.194 e. The molecule has 0 atom stereocenters. The summed E-state index contributed by atoms with van der Waals surface area (Å²) in [6.07, 6.45) is 6.97. The van der Waals surface area contributed by atoms with Crippen LogP contribution in [0.3, 0.4) is 0 Å². The van der Waals surface area contributed by atoms with E-state index in [9.17, 15) is 0 Å². The number of aliphatic imine (C=N–C) groups is 1. The van der Waals surface area contributed by atoms with Gasteiger partial charge in [-0.15, -0.1) is 35.3 Å². The van der Waals surface area contributed by atoms with Crippen molar-refractivity contribution in [2.75, 3.05) is 25.4 Å². The van der Waals surface area contributed by atoms with Gasteiger partial charge in [-0.05, 0) is 26.7 Å². The van der Waals surface area contributed by atoms with Gasteiger partial charge in [-0.3, -0.25) is 0 Å². The lowest BCUT2D eigenvalue weighted by Gasteiger charge is -2.45. The zero-order valence-corrected chi connectivity index (χ0v) is 18.7. The molecule has 1 saturated heterocycles. The van der Waals surface area contributed by atoms with Crippen LogP contribution in [0.2, 0.25) is 0 Å². The van der Waals surface area contributed by atoms with Crippen molar-refractivity contribution in [1.82, 2.24) is 15.2 Å². The minimum Gasteiger partial charge on any atom is -0.357 e. The molecule has 0 aromatic carbocycles. The molecule has 0 radical (unpaired) electrons. The molecule has 1 saturated carbocycles. The summed E-state index contributed by atoms with van der Waals surface area (Å²) < 4.78 is 0.479. The molecule has 136 valence electrons. The lowest BCUT2D eigenvalue weighted by atomic mass is 9.87. The molecular formula is C17H29IN4S2. The molecule has 1 spiro atoms. The van der Waals surface area contributed by atoms with E-state index in [1.54, 1.807) is 11.3 Å². The van der Waals surface area contributed by atoms with E-state index in [2.05, 4.69) is 40.8 Å². The molecule has 2 aliphatic rings. The quantitative estimate of drug-likeness (QED) is 0.398. The number of hydrogen-bond acceptors (Lipinski definition) is 4. The van der Waals surface area contributed by atoms with Gasteiger partial charge in [-0.1, -0.05) is 19.3 Å². The molecular weight excluding hydrogens is 451 g/mol. The fourth-order valence-corrected chi connectivity index (χ4v) is 5.84. The summed E-state index contributed by atoms with van der Waals surface area (Å²) in [6, 6.07) is 0. The summed E-state index contributed by atoms with van der Waals surface area (Å²) in [7, 11) is 0. The topological polar surface area (TPSA) is 40.5 Å². The van der Waals surface area contributed by atoms with Gasteiger partial charge in [0.25, 0.3) is 0 Å². The van der Waals surface area contributed by atoms with E-state index in [0.29, 0.717) is 4.75 Å². The van der Waals surface area contributed by atoms with Crippen molar-refractivity contribution < 1.29 is 0 Å². The number of nitrogens with zero attached hydrogens (tertiary/aromatic N) is 3. The Bertz CT molecular complexity index is 535. The molecule has 0 unspecified atom stereocenters. The SMILES string of the molecule is CCNC(=NCc1scnc1C)N1CCSC2(CCCCC2)C1.I. The van der Waals surface area contributed by atoms with Crippen LogP contribution in [-0.4, -0.2) is 46.0 Å². The van der Waals surface area contributed by atoms with Gasteiger partial charge >= 0.3 is 0 Å². The summed E-state index contributed by atoms with van der Waals surface area (Å²) in [5.74, 6) is 2.31. The highest BCUT2D eigenvalue weighted by molar-refractivity contribution is 14.0. The number of guanidine groups is 1. The van der Waals surface area contributed by atoms with E-state index in [1.807, 2.05) is 5.51 Å². The van der Waals surface area contributed by atoms with Gasteiger partial charge in [0.15, 0.2) is 5.96 Å². The molecule has 0 amide bonds. The molecule has 7 heteroatoms. The standard InChI is InChI=1S/C17H28N4S2.HI/c1-3-18-16(19-11-15-14(2)20-13-22-15)21-9-10-23-17(12-21)7-5-4-6-8-17;/h13H,3-12H2,1-2H3,(H,18,19);1H. The minimum atomic E-state index is 0. The number of nitrogens with one attached hydrogen (secondary N) is 1. The molecule has 2 heterocycles. The van der Waals surface area contributed by atoms with Crippen molar-refractivity contribution in [2.45, 2.75) is 57.2 Å². The second-order valence-corrected chi connectivity index (χ2v) is 9.05. The Morgan fingerprint density at radius 3 is 2.83 bits per heavy atom. The molecule has 4 nitrogen and oxygen atoms in total. The van der Waals surface area contributed by atoms with Crippen LogP contribution in [0.15, 0.2) is 10.5 Å². The zero-order valence-electron chi connectivity index (χ0n) is 14.7. The van der Waals surface area contributed by atoms with Gasteiger partial charge in [-0.25, -0.2) is 9.98 Å². The van der Waals surface area contributed by atoms with Crippen LogP contribution in [0.1, 0.15) is 49.6 Å². The lowest BCUT2D eigenvalue weighted by Crippen LogP contribution is -2.53. The second kappa shape index (κ2) is 9.62. The van der Waals surface area contributed by atoms with Crippen molar-refractivity contribution in [3.8, 4) is 0 Å². The van der Waals surface area contributed by atoms with Crippen LogP contribution in [0.5, 0.6) is 0 Å². The third kappa shape index (κ3) is 5.00. The molecule has 1 aliphatic heterocycles. The van der Waals surface area contributed by atoms with Crippen molar-refractivity contribution in [1.29, 1.82) is 0 Å². The van der Waals surface area contributed by atoms with Crippen LogP contribution < -0.4 is 5.32 Å². The van der Waals surface area contributed by atoms with E-state index in [0.717, 1.165) is 37.8 Å². The first-order chi connectivity index (χ1) is 11.2. The number of thiazole rings is 1. The number of thioether (sulfide) groups is 1. The van der Waals surface area contributed by atoms with E-state index >= 15 is 0 Å². The first-order valence-corrected chi connectivity index (χ1v) is 10.7. The van der Waals surface area contributed by atoms with Gasteiger partial charge in [0.05, 0.1) is 17.7 Å². The van der Waals surface area contributed by atoms with Crippen molar-refractivity contribution in [3.05, 3.63) is 16.1 Å². The summed E-state index contributed by atoms with van der Waals surface area (Å²) in [6.45, 7) is 8.17. The molecule has 0 bridgehead atoms. The lowest BCUT2D eigenvalue weighted by molar-refractivity contribution is 0.293. The van der Waals surface area contributed by atoms with Crippen LogP contribution in [0.25, 0.3) is 0 Å². The fraction of sp³-hybridized carbons (Fsp3) is 0.765. The minimum absolute atomic E-state index is 0. The zero-order chi connectivity index (χ0) is 16.1. The molecule has 1 aliphatic carbocycles. The fourth-order valence-electron chi connectivity index (χ4n) is 3.57. The van der Waals surface area contributed by atoms with Gasteiger partial charge in [0.2, 0.25) is 0 Å². The highest BCUT2D eigenvalue weighted by Gasteiger charge is 2.38. The first kappa shape index (κ1) is 20.3. The maximum atomic E-state index is 4.91. The monoisotopic (exact) mass is 480 g/mol. The molecule has 2 fully saturated rings. The molecule has 1 N–H and O–H groups in total. The Labute approximate surface area is 171 Å². The molecule has 1 aromatic heterocycles. The first-order valence-electron chi connectivity index (χ1n) is 8.79. The Morgan fingerprint density at radius 1 is 1.38 bits per heavy atom. The average molecular weight is 480 g/mol. The Balaban J connectivity index is 0.00000208. The van der Waals surface area contributed by atoms with Crippen LogP contribution in [0.4, 0.5) is 0 Å². The third-order valence-corrected chi connectivity index (χ3v) is 7.32. The van der Waals surface area contributed by atoms with Crippen molar-refractivity contribution in [2.24, 2.45) is 4.99 Å². The summed E-state index contributed by atoms with van der Waals surface area (Å²) in [5, 5.41) is 3.51. The Kier molecular flexibility index (Phi) is 8.13. The number of halogens is 1.